The number of aromatic nitrogens is 5. The highest BCUT2D eigenvalue weighted by Crippen LogP contribution is 2.31. The summed E-state index contributed by atoms with van der Waals surface area (Å²) < 4.78 is 1.97. The molecule has 0 aliphatic rings. The summed E-state index contributed by atoms with van der Waals surface area (Å²) in [6.45, 7) is 0. The summed E-state index contributed by atoms with van der Waals surface area (Å²) in [7, 11) is 0. The van der Waals surface area contributed by atoms with Crippen molar-refractivity contribution in [3.8, 4) is 17.1 Å². The smallest absolute Gasteiger partial charge is 0.196 e. The first-order chi connectivity index (χ1) is 13.7. The van der Waals surface area contributed by atoms with E-state index in [0.29, 0.717) is 15.9 Å². The number of hydrogen-bond donors (Lipinski definition) is 0. The molecule has 0 unspecified atom stereocenters. The zero-order valence-electron chi connectivity index (χ0n) is 14.7. The van der Waals surface area contributed by atoms with Gasteiger partial charge in [-0.2, -0.15) is 0 Å². The Kier molecular flexibility index (Phi) is 5.90. The van der Waals surface area contributed by atoms with E-state index in [9.17, 15) is 0 Å². The molecule has 4 aromatic rings. The van der Waals surface area contributed by atoms with Gasteiger partial charge in [0.25, 0.3) is 0 Å². The minimum Gasteiger partial charge on any atom is -0.270 e. The quantitative estimate of drug-likeness (QED) is 0.387. The standard InChI is InChI=1S/C20H15Cl2N5S/c21-17-7-6-16(12-18(17)22)27-19(14-4-3-9-23-13-14)25-26-20(27)28-11-8-15-5-1-2-10-24-15/h1-7,9-10,12-13H,8,11H2. The van der Waals surface area contributed by atoms with Gasteiger partial charge in [0.05, 0.1) is 15.7 Å². The molecule has 3 heterocycles. The van der Waals surface area contributed by atoms with Gasteiger partial charge in [0.2, 0.25) is 0 Å². The van der Waals surface area contributed by atoms with Crippen LogP contribution in [0.15, 0.2) is 72.3 Å². The first-order valence-electron chi connectivity index (χ1n) is 8.56. The summed E-state index contributed by atoms with van der Waals surface area (Å²) in [5.74, 6) is 1.52. The van der Waals surface area contributed by atoms with Gasteiger partial charge in [-0.05, 0) is 48.9 Å². The van der Waals surface area contributed by atoms with Crippen LogP contribution in [0.3, 0.4) is 0 Å². The molecule has 0 saturated heterocycles. The van der Waals surface area contributed by atoms with E-state index in [0.717, 1.165) is 34.3 Å². The van der Waals surface area contributed by atoms with Crippen LogP contribution in [0.1, 0.15) is 5.69 Å². The van der Waals surface area contributed by atoms with Crippen LogP contribution in [0.2, 0.25) is 10.0 Å². The summed E-state index contributed by atoms with van der Waals surface area (Å²) in [6.07, 6.45) is 6.13. The van der Waals surface area contributed by atoms with E-state index in [1.165, 1.54) is 0 Å². The molecule has 0 atom stereocenters. The monoisotopic (exact) mass is 427 g/mol. The topological polar surface area (TPSA) is 56.5 Å². The molecule has 0 aliphatic carbocycles. The maximum Gasteiger partial charge on any atom is 0.196 e. The number of hydrogen-bond acceptors (Lipinski definition) is 5. The minimum absolute atomic E-state index is 0.481. The molecular formula is C20H15Cl2N5S. The van der Waals surface area contributed by atoms with Crippen LogP contribution >= 0.6 is 35.0 Å². The average molecular weight is 428 g/mol. The van der Waals surface area contributed by atoms with Crippen LogP contribution in [0, 0.1) is 0 Å². The zero-order chi connectivity index (χ0) is 19.3. The van der Waals surface area contributed by atoms with Crippen molar-refractivity contribution in [2.45, 2.75) is 11.6 Å². The van der Waals surface area contributed by atoms with Crippen LogP contribution < -0.4 is 0 Å². The molecule has 28 heavy (non-hydrogen) atoms. The van der Waals surface area contributed by atoms with Gasteiger partial charge in [0, 0.05) is 35.6 Å². The zero-order valence-corrected chi connectivity index (χ0v) is 17.0. The predicted octanol–water partition coefficient (Wildman–Crippen LogP) is 5.37. The third kappa shape index (κ3) is 4.19. The van der Waals surface area contributed by atoms with Crippen molar-refractivity contribution < 1.29 is 0 Å². The molecule has 3 aromatic heterocycles. The van der Waals surface area contributed by atoms with Gasteiger partial charge >= 0.3 is 0 Å². The summed E-state index contributed by atoms with van der Waals surface area (Å²) in [5, 5.41) is 10.6. The Bertz CT molecular complexity index is 1070. The molecule has 0 bridgehead atoms. The predicted molar refractivity (Wildman–Crippen MR) is 113 cm³/mol. The SMILES string of the molecule is Clc1ccc(-n2c(SCCc3ccccn3)nnc2-c2cccnc2)cc1Cl. The molecule has 0 radical (unpaired) electrons. The Morgan fingerprint density at radius 1 is 0.929 bits per heavy atom. The van der Waals surface area contributed by atoms with Crippen molar-refractivity contribution in [2.75, 3.05) is 5.75 Å². The number of pyridine rings is 2. The first kappa shape index (κ1) is 18.9. The van der Waals surface area contributed by atoms with Crippen LogP contribution in [0.25, 0.3) is 17.1 Å². The van der Waals surface area contributed by atoms with Gasteiger partial charge in [-0.3, -0.25) is 14.5 Å². The summed E-state index contributed by atoms with van der Waals surface area (Å²) >= 11 is 14.0. The molecule has 0 spiro atoms. The molecule has 1 aromatic carbocycles. The number of rotatable bonds is 6. The van der Waals surface area contributed by atoms with Crippen LogP contribution in [-0.2, 0) is 6.42 Å². The van der Waals surface area contributed by atoms with Gasteiger partial charge in [-0.1, -0.05) is 41.0 Å². The molecule has 5 nitrogen and oxygen atoms in total. The summed E-state index contributed by atoms with van der Waals surface area (Å²) in [5.41, 5.74) is 2.76. The molecule has 140 valence electrons. The average Bonchev–Trinajstić information content (AvgIpc) is 3.15. The van der Waals surface area contributed by atoms with E-state index >= 15 is 0 Å². The van der Waals surface area contributed by atoms with E-state index in [1.54, 1.807) is 36.4 Å². The summed E-state index contributed by atoms with van der Waals surface area (Å²) in [6, 6.07) is 15.2. The maximum absolute atomic E-state index is 6.25. The van der Waals surface area contributed by atoms with Crippen molar-refractivity contribution in [3.63, 3.8) is 0 Å². The lowest BCUT2D eigenvalue weighted by Crippen LogP contribution is -2.01. The number of thioether (sulfide) groups is 1. The van der Waals surface area contributed by atoms with Gasteiger partial charge in [0.15, 0.2) is 11.0 Å². The lowest BCUT2D eigenvalue weighted by atomic mass is 10.2. The van der Waals surface area contributed by atoms with Crippen molar-refractivity contribution in [1.82, 2.24) is 24.7 Å². The highest BCUT2D eigenvalue weighted by Gasteiger charge is 2.17. The van der Waals surface area contributed by atoms with Crippen molar-refractivity contribution in [1.29, 1.82) is 0 Å². The van der Waals surface area contributed by atoms with Crippen LogP contribution in [0.4, 0.5) is 0 Å². The lowest BCUT2D eigenvalue weighted by Gasteiger charge is -2.11. The minimum atomic E-state index is 0.481. The van der Waals surface area contributed by atoms with Crippen molar-refractivity contribution >= 4 is 35.0 Å². The van der Waals surface area contributed by atoms with Gasteiger partial charge in [-0.15, -0.1) is 10.2 Å². The van der Waals surface area contributed by atoms with Crippen LogP contribution in [-0.4, -0.2) is 30.5 Å². The number of nitrogens with zero attached hydrogens (tertiary/aromatic N) is 5. The molecular weight excluding hydrogens is 413 g/mol. The largest absolute Gasteiger partial charge is 0.270 e. The Morgan fingerprint density at radius 3 is 2.61 bits per heavy atom. The second-order valence-corrected chi connectivity index (χ2v) is 7.78. The van der Waals surface area contributed by atoms with E-state index in [-0.39, 0.29) is 0 Å². The van der Waals surface area contributed by atoms with E-state index in [2.05, 4.69) is 20.2 Å². The van der Waals surface area contributed by atoms with Gasteiger partial charge < -0.3 is 0 Å². The highest BCUT2D eigenvalue weighted by molar-refractivity contribution is 7.99. The van der Waals surface area contributed by atoms with Crippen molar-refractivity contribution in [2.24, 2.45) is 0 Å². The van der Waals surface area contributed by atoms with Gasteiger partial charge in [0.1, 0.15) is 0 Å². The van der Waals surface area contributed by atoms with E-state index in [4.69, 9.17) is 23.2 Å². The third-order valence-corrected chi connectivity index (χ3v) is 5.70. The number of aryl methyl sites for hydroxylation is 1. The van der Waals surface area contributed by atoms with Crippen LogP contribution in [0.5, 0.6) is 0 Å². The van der Waals surface area contributed by atoms with E-state index < -0.39 is 0 Å². The molecule has 0 aliphatic heterocycles. The van der Waals surface area contributed by atoms with Gasteiger partial charge in [-0.25, -0.2) is 0 Å². The Labute approximate surface area is 176 Å². The molecule has 0 N–H and O–H groups in total. The first-order valence-corrected chi connectivity index (χ1v) is 10.3. The maximum atomic E-state index is 6.25. The molecule has 0 saturated carbocycles. The molecule has 8 heteroatoms. The molecule has 0 fully saturated rings. The lowest BCUT2D eigenvalue weighted by molar-refractivity contribution is 0.883. The fourth-order valence-corrected chi connectivity index (χ4v) is 3.90. The number of halogens is 2. The second-order valence-electron chi connectivity index (χ2n) is 5.90. The Hall–Kier alpha value is -2.41. The molecule has 4 rings (SSSR count). The fraction of sp³-hybridized carbons (Fsp3) is 0.100. The second kappa shape index (κ2) is 8.73. The highest BCUT2D eigenvalue weighted by atomic mass is 35.5. The van der Waals surface area contributed by atoms with E-state index in [1.807, 2.05) is 47.0 Å². The van der Waals surface area contributed by atoms with Crippen molar-refractivity contribution in [3.05, 3.63) is 82.9 Å². The number of benzene rings is 1. The summed E-state index contributed by atoms with van der Waals surface area (Å²) in [4.78, 5) is 8.56. The third-order valence-electron chi connectivity index (χ3n) is 4.03. The normalized spacial score (nSPS) is 10.9. The molecule has 0 amide bonds. The Morgan fingerprint density at radius 2 is 1.86 bits per heavy atom. The Balaban J connectivity index is 1.68. The fourth-order valence-electron chi connectivity index (χ4n) is 2.70.